The number of rotatable bonds is 9. The zero-order chi connectivity index (χ0) is 22.0. The molecule has 1 unspecified atom stereocenters. The lowest BCUT2D eigenvalue weighted by atomic mass is 10.1. The van der Waals surface area contributed by atoms with Gasteiger partial charge in [-0.2, -0.15) is 0 Å². The maximum atomic E-state index is 12.6. The quantitative estimate of drug-likeness (QED) is 0.548. The summed E-state index contributed by atoms with van der Waals surface area (Å²) in [7, 11) is 0. The Kier molecular flexibility index (Phi) is 8.83. The van der Waals surface area contributed by atoms with Crippen molar-refractivity contribution in [2.24, 2.45) is 5.73 Å². The van der Waals surface area contributed by atoms with E-state index in [1.165, 1.54) is 0 Å². The van der Waals surface area contributed by atoms with Crippen molar-refractivity contribution < 1.29 is 19.2 Å². The van der Waals surface area contributed by atoms with Crippen LogP contribution in [0.15, 0.2) is 54.6 Å². The van der Waals surface area contributed by atoms with Crippen molar-refractivity contribution in [3.05, 3.63) is 71.3 Å². The average Bonchev–Trinajstić information content (AvgIpc) is 2.71. The number of carbonyl (C=O) groups excluding carboxylic acids is 2. The fraction of sp³-hybridized carbons (Fsp3) is 0.391. The standard InChI is InChI=1S/C23H31N3O4/c1-23(2,3)30-22(28)25-20(14-13-17-7-5-4-6-8-17)21(27)26-29-16-19-11-9-18(15-24)10-12-19/h4-12,20H,13-16,24H2,1-3H3,(H,25,28)(H,26,27). The molecular weight excluding hydrogens is 382 g/mol. The van der Waals surface area contributed by atoms with Crippen LogP contribution in [0.25, 0.3) is 0 Å². The number of carbonyl (C=O) groups is 2. The Labute approximate surface area is 177 Å². The molecule has 0 fully saturated rings. The molecule has 1 atom stereocenters. The van der Waals surface area contributed by atoms with E-state index in [2.05, 4.69) is 10.8 Å². The zero-order valence-corrected chi connectivity index (χ0v) is 17.8. The highest BCUT2D eigenvalue weighted by Gasteiger charge is 2.24. The Balaban J connectivity index is 1.92. The van der Waals surface area contributed by atoms with Crippen LogP contribution in [0.5, 0.6) is 0 Å². The van der Waals surface area contributed by atoms with Crippen LogP contribution in [0.2, 0.25) is 0 Å². The van der Waals surface area contributed by atoms with Crippen LogP contribution in [-0.4, -0.2) is 23.6 Å². The van der Waals surface area contributed by atoms with Gasteiger partial charge in [-0.1, -0.05) is 54.6 Å². The van der Waals surface area contributed by atoms with Gasteiger partial charge in [0.05, 0.1) is 6.61 Å². The van der Waals surface area contributed by atoms with Gasteiger partial charge in [0.25, 0.3) is 5.91 Å². The molecule has 162 valence electrons. The Morgan fingerprint density at radius 3 is 2.20 bits per heavy atom. The van der Waals surface area contributed by atoms with E-state index in [1.807, 2.05) is 54.6 Å². The molecule has 0 spiro atoms. The van der Waals surface area contributed by atoms with E-state index in [-0.39, 0.29) is 6.61 Å². The summed E-state index contributed by atoms with van der Waals surface area (Å²) in [6, 6.07) is 16.6. The van der Waals surface area contributed by atoms with Crippen molar-refractivity contribution in [2.45, 2.75) is 58.4 Å². The molecule has 7 heteroatoms. The van der Waals surface area contributed by atoms with Gasteiger partial charge in [0.2, 0.25) is 0 Å². The number of benzene rings is 2. The highest BCUT2D eigenvalue weighted by Crippen LogP contribution is 2.10. The average molecular weight is 414 g/mol. The van der Waals surface area contributed by atoms with Gasteiger partial charge in [-0.25, -0.2) is 10.3 Å². The molecule has 2 amide bonds. The van der Waals surface area contributed by atoms with E-state index in [1.54, 1.807) is 20.8 Å². The maximum absolute atomic E-state index is 12.6. The summed E-state index contributed by atoms with van der Waals surface area (Å²) >= 11 is 0. The lowest BCUT2D eigenvalue weighted by molar-refractivity contribution is -0.137. The number of hydrogen-bond acceptors (Lipinski definition) is 5. The van der Waals surface area contributed by atoms with Gasteiger partial charge < -0.3 is 15.8 Å². The molecule has 0 saturated heterocycles. The number of aryl methyl sites for hydroxylation is 1. The Bertz CT molecular complexity index is 801. The smallest absolute Gasteiger partial charge is 0.408 e. The largest absolute Gasteiger partial charge is 0.444 e. The molecule has 0 saturated carbocycles. The third-order valence-electron chi connectivity index (χ3n) is 4.24. The second-order valence-corrected chi connectivity index (χ2v) is 8.00. The normalized spacial score (nSPS) is 12.1. The number of ether oxygens (including phenoxy) is 1. The van der Waals surface area contributed by atoms with E-state index in [9.17, 15) is 9.59 Å². The first kappa shape index (κ1) is 23.4. The van der Waals surface area contributed by atoms with Crippen LogP contribution < -0.4 is 16.5 Å². The van der Waals surface area contributed by atoms with Crippen molar-refractivity contribution in [1.82, 2.24) is 10.8 Å². The molecule has 0 aliphatic heterocycles. The highest BCUT2D eigenvalue weighted by molar-refractivity contribution is 5.84. The Hall–Kier alpha value is -2.90. The number of nitrogens with two attached hydrogens (primary N) is 1. The second kappa shape index (κ2) is 11.3. The molecule has 0 radical (unpaired) electrons. The van der Waals surface area contributed by atoms with Crippen molar-refractivity contribution in [3.8, 4) is 0 Å². The van der Waals surface area contributed by atoms with E-state index < -0.39 is 23.6 Å². The molecule has 0 aliphatic rings. The third-order valence-corrected chi connectivity index (χ3v) is 4.24. The minimum atomic E-state index is -0.792. The SMILES string of the molecule is CC(C)(C)OC(=O)NC(CCc1ccccc1)C(=O)NOCc1ccc(CN)cc1. The van der Waals surface area contributed by atoms with Crippen LogP contribution in [0, 0.1) is 0 Å². The zero-order valence-electron chi connectivity index (χ0n) is 17.8. The summed E-state index contributed by atoms with van der Waals surface area (Å²) in [5.41, 5.74) is 10.3. The van der Waals surface area contributed by atoms with Gasteiger partial charge in [0.15, 0.2) is 0 Å². The monoisotopic (exact) mass is 413 g/mol. The lowest BCUT2D eigenvalue weighted by Crippen LogP contribution is -2.48. The molecule has 0 bridgehead atoms. The van der Waals surface area contributed by atoms with Gasteiger partial charge >= 0.3 is 6.09 Å². The van der Waals surface area contributed by atoms with Gasteiger partial charge in [0.1, 0.15) is 11.6 Å². The molecular formula is C23H31N3O4. The minimum Gasteiger partial charge on any atom is -0.444 e. The number of hydrogen-bond donors (Lipinski definition) is 3. The number of nitrogens with one attached hydrogen (secondary N) is 2. The molecule has 7 nitrogen and oxygen atoms in total. The predicted molar refractivity (Wildman–Crippen MR) is 115 cm³/mol. The van der Waals surface area contributed by atoms with E-state index in [4.69, 9.17) is 15.3 Å². The Morgan fingerprint density at radius 2 is 1.60 bits per heavy atom. The summed E-state index contributed by atoms with van der Waals surface area (Å²) < 4.78 is 5.28. The van der Waals surface area contributed by atoms with Crippen LogP contribution in [0.1, 0.15) is 43.9 Å². The van der Waals surface area contributed by atoms with Gasteiger partial charge in [-0.3, -0.25) is 9.63 Å². The first-order valence-corrected chi connectivity index (χ1v) is 10.00. The van der Waals surface area contributed by atoms with Gasteiger partial charge in [0, 0.05) is 6.54 Å². The third kappa shape index (κ3) is 8.63. The van der Waals surface area contributed by atoms with Crippen molar-refractivity contribution in [3.63, 3.8) is 0 Å². The summed E-state index contributed by atoms with van der Waals surface area (Å²) in [5.74, 6) is -0.435. The van der Waals surface area contributed by atoms with Gasteiger partial charge in [-0.05, 0) is 50.3 Å². The first-order chi connectivity index (χ1) is 14.3. The number of amides is 2. The fourth-order valence-electron chi connectivity index (χ4n) is 2.71. The highest BCUT2D eigenvalue weighted by atomic mass is 16.7. The van der Waals surface area contributed by atoms with E-state index in [0.717, 1.165) is 16.7 Å². The molecule has 2 rings (SSSR count). The molecule has 2 aromatic rings. The molecule has 0 aliphatic carbocycles. The van der Waals surface area contributed by atoms with Crippen LogP contribution in [0.3, 0.4) is 0 Å². The number of hydroxylamine groups is 1. The predicted octanol–water partition coefficient (Wildman–Crippen LogP) is 3.22. The fourth-order valence-corrected chi connectivity index (χ4v) is 2.71. The first-order valence-electron chi connectivity index (χ1n) is 10.00. The topological polar surface area (TPSA) is 103 Å². The molecule has 0 aromatic heterocycles. The van der Waals surface area contributed by atoms with Crippen molar-refractivity contribution in [1.29, 1.82) is 0 Å². The summed E-state index contributed by atoms with van der Waals surface area (Å²) in [6.45, 7) is 5.98. The van der Waals surface area contributed by atoms with Crippen molar-refractivity contribution >= 4 is 12.0 Å². The minimum absolute atomic E-state index is 0.203. The van der Waals surface area contributed by atoms with E-state index >= 15 is 0 Å². The molecule has 4 N–H and O–H groups in total. The van der Waals surface area contributed by atoms with Gasteiger partial charge in [-0.15, -0.1) is 0 Å². The summed E-state index contributed by atoms with van der Waals surface area (Å²) in [4.78, 5) is 30.2. The van der Waals surface area contributed by atoms with E-state index in [0.29, 0.717) is 19.4 Å². The maximum Gasteiger partial charge on any atom is 0.408 e. The van der Waals surface area contributed by atoms with Crippen molar-refractivity contribution in [2.75, 3.05) is 0 Å². The molecule has 30 heavy (non-hydrogen) atoms. The Morgan fingerprint density at radius 1 is 0.967 bits per heavy atom. The lowest BCUT2D eigenvalue weighted by Gasteiger charge is -2.23. The van der Waals surface area contributed by atoms with Crippen LogP contribution in [0.4, 0.5) is 4.79 Å². The summed E-state index contributed by atoms with van der Waals surface area (Å²) in [6.07, 6.45) is 0.381. The summed E-state index contributed by atoms with van der Waals surface area (Å²) in [5, 5.41) is 2.64. The number of alkyl carbamates (subject to hydrolysis) is 1. The van der Waals surface area contributed by atoms with Crippen LogP contribution >= 0.6 is 0 Å². The van der Waals surface area contributed by atoms with Crippen LogP contribution in [-0.2, 0) is 33.9 Å². The second-order valence-electron chi connectivity index (χ2n) is 8.00. The molecule has 0 heterocycles. The molecule has 2 aromatic carbocycles.